The molecule has 0 saturated carbocycles. The molecule has 0 spiro atoms. The summed E-state index contributed by atoms with van der Waals surface area (Å²) in [6.07, 6.45) is -0.00991. The molecule has 2 rings (SSSR count). The molecular weight excluding hydrogens is 303 g/mol. The number of carbonyl (C=O) groups is 1. The molecule has 1 amide bonds. The summed E-state index contributed by atoms with van der Waals surface area (Å²) in [6.45, 7) is 3.79. The van der Waals surface area contributed by atoms with Gasteiger partial charge in [0.15, 0.2) is 0 Å². The average Bonchev–Trinajstić information content (AvgIpc) is 2.79. The van der Waals surface area contributed by atoms with Crippen molar-refractivity contribution >= 4 is 32.5 Å². The van der Waals surface area contributed by atoms with E-state index in [1.807, 2.05) is 6.92 Å². The van der Waals surface area contributed by atoms with Crippen molar-refractivity contribution in [1.82, 2.24) is 0 Å². The summed E-state index contributed by atoms with van der Waals surface area (Å²) in [5.41, 5.74) is 1.26. The Kier molecular flexibility index (Phi) is 3.84. The molecule has 1 unspecified atom stereocenters. The largest absolute Gasteiger partial charge is 0.302 e. The van der Waals surface area contributed by atoms with E-state index in [-0.39, 0.29) is 18.9 Å². The predicted octanol–water partition coefficient (Wildman–Crippen LogP) is 1.89. The molecule has 1 aromatic heterocycles. The van der Waals surface area contributed by atoms with Crippen LogP contribution >= 0.6 is 11.3 Å². The number of amides is 1. The van der Waals surface area contributed by atoms with Gasteiger partial charge in [-0.15, -0.1) is 15.2 Å². The molecule has 1 aliphatic heterocycles. The van der Waals surface area contributed by atoms with E-state index >= 15 is 0 Å². The zero-order valence-electron chi connectivity index (χ0n) is 11.0. The highest BCUT2D eigenvalue weighted by molar-refractivity contribution is 7.86. The Bertz CT molecular complexity index is 703. The molecule has 1 aromatic rings. The first-order chi connectivity index (χ1) is 9.23. The van der Waals surface area contributed by atoms with E-state index in [0.717, 1.165) is 10.4 Å². The molecule has 0 N–H and O–H groups in total. The number of anilines is 1. The third-order valence-electron chi connectivity index (χ3n) is 3.36. The van der Waals surface area contributed by atoms with Crippen LogP contribution < -0.4 is 4.90 Å². The number of hydrogen-bond acceptors (Lipinski definition) is 5. The summed E-state index contributed by atoms with van der Waals surface area (Å²) < 4.78 is 34.0. The van der Waals surface area contributed by atoms with Gasteiger partial charge in [0.1, 0.15) is 11.1 Å². The second-order valence-electron chi connectivity index (χ2n) is 4.86. The lowest BCUT2D eigenvalue weighted by atomic mass is 10.1. The average molecular weight is 316 g/mol. The zero-order valence-corrected chi connectivity index (χ0v) is 12.6. The number of aryl methyl sites for hydroxylation is 1. The molecule has 1 atom stereocenters. The van der Waals surface area contributed by atoms with Crippen LogP contribution in [-0.4, -0.2) is 26.6 Å². The van der Waals surface area contributed by atoms with Crippen LogP contribution in [0.3, 0.4) is 0 Å². The fourth-order valence-corrected chi connectivity index (χ4v) is 4.22. The van der Waals surface area contributed by atoms with E-state index in [4.69, 9.17) is 0 Å². The van der Waals surface area contributed by atoms with E-state index in [1.54, 1.807) is 6.92 Å². The summed E-state index contributed by atoms with van der Waals surface area (Å²) >= 11 is 1.33. The van der Waals surface area contributed by atoms with Gasteiger partial charge in [0.25, 0.3) is 0 Å². The van der Waals surface area contributed by atoms with Gasteiger partial charge < -0.3 is 4.90 Å². The SMILES string of the molecule is Cc1sc(N2CC(CS(=O)(=O)F)CC2=O)c(C#N)c1C. The van der Waals surface area contributed by atoms with Crippen molar-refractivity contribution in [1.29, 1.82) is 5.26 Å². The molecule has 0 radical (unpaired) electrons. The van der Waals surface area contributed by atoms with Gasteiger partial charge in [0, 0.05) is 23.8 Å². The summed E-state index contributed by atoms with van der Waals surface area (Å²) in [5, 5.41) is 9.71. The van der Waals surface area contributed by atoms with E-state index in [0.29, 0.717) is 10.6 Å². The summed E-state index contributed by atoms with van der Waals surface area (Å²) in [6, 6.07) is 2.07. The van der Waals surface area contributed by atoms with Crippen LogP contribution in [0.25, 0.3) is 0 Å². The molecule has 5 nitrogen and oxygen atoms in total. The lowest BCUT2D eigenvalue weighted by molar-refractivity contribution is -0.117. The van der Waals surface area contributed by atoms with Crippen molar-refractivity contribution in [2.75, 3.05) is 17.2 Å². The monoisotopic (exact) mass is 316 g/mol. The molecule has 108 valence electrons. The van der Waals surface area contributed by atoms with Crippen LogP contribution in [0.15, 0.2) is 0 Å². The van der Waals surface area contributed by atoms with Crippen molar-refractivity contribution in [2.45, 2.75) is 20.3 Å². The number of nitrogens with zero attached hydrogens (tertiary/aromatic N) is 2. The van der Waals surface area contributed by atoms with Crippen molar-refractivity contribution in [3.05, 3.63) is 16.0 Å². The minimum Gasteiger partial charge on any atom is -0.302 e. The fourth-order valence-electron chi connectivity index (χ4n) is 2.30. The lowest BCUT2D eigenvalue weighted by Gasteiger charge is -2.14. The molecule has 2 heterocycles. The highest BCUT2D eigenvalue weighted by Gasteiger charge is 2.35. The second-order valence-corrected chi connectivity index (χ2v) is 7.47. The van der Waals surface area contributed by atoms with Gasteiger partial charge in [-0.2, -0.15) is 13.7 Å². The Hall–Kier alpha value is -1.46. The summed E-state index contributed by atoms with van der Waals surface area (Å²) in [4.78, 5) is 14.3. The van der Waals surface area contributed by atoms with E-state index in [2.05, 4.69) is 6.07 Å². The van der Waals surface area contributed by atoms with E-state index < -0.39 is 21.9 Å². The Morgan fingerprint density at radius 3 is 2.70 bits per heavy atom. The molecular formula is C12H13FN2O3S2. The molecule has 1 fully saturated rings. The minimum atomic E-state index is -4.60. The fraction of sp³-hybridized carbons (Fsp3) is 0.500. The smallest absolute Gasteiger partial charge is 0.302 e. The van der Waals surface area contributed by atoms with Gasteiger partial charge >= 0.3 is 10.2 Å². The highest BCUT2D eigenvalue weighted by atomic mass is 32.3. The third kappa shape index (κ3) is 2.83. The molecule has 0 aliphatic carbocycles. The van der Waals surface area contributed by atoms with E-state index in [1.165, 1.54) is 16.2 Å². The Balaban J connectivity index is 2.29. The van der Waals surface area contributed by atoms with Crippen molar-refractivity contribution in [2.24, 2.45) is 5.92 Å². The number of nitriles is 1. The standard InChI is InChI=1S/C12H13FN2O3S2/c1-7-8(2)19-12(10(7)4-14)15-5-9(3-11(15)16)6-20(13,17)18/h9H,3,5-6H2,1-2H3. The number of thiophene rings is 1. The van der Waals surface area contributed by atoms with Crippen LogP contribution in [0.5, 0.6) is 0 Å². The van der Waals surface area contributed by atoms with Crippen molar-refractivity contribution < 1.29 is 17.1 Å². The molecule has 20 heavy (non-hydrogen) atoms. The number of hydrogen-bond donors (Lipinski definition) is 0. The molecule has 1 saturated heterocycles. The van der Waals surface area contributed by atoms with Gasteiger partial charge in [-0.3, -0.25) is 4.79 Å². The third-order valence-corrected chi connectivity index (χ3v) is 5.46. The minimum absolute atomic E-state index is 0.00991. The summed E-state index contributed by atoms with van der Waals surface area (Å²) in [7, 11) is -4.60. The van der Waals surface area contributed by atoms with Gasteiger partial charge in [-0.1, -0.05) is 0 Å². The zero-order chi connectivity index (χ0) is 15.1. The first kappa shape index (κ1) is 14.9. The summed E-state index contributed by atoms with van der Waals surface area (Å²) in [5.74, 6) is -1.48. The van der Waals surface area contributed by atoms with Crippen LogP contribution in [0.2, 0.25) is 0 Å². The normalized spacial score (nSPS) is 19.4. The van der Waals surface area contributed by atoms with Crippen LogP contribution in [-0.2, 0) is 15.0 Å². The maximum atomic E-state index is 12.7. The Labute approximate surface area is 120 Å². The molecule has 8 heteroatoms. The quantitative estimate of drug-likeness (QED) is 0.798. The maximum Gasteiger partial charge on any atom is 0.302 e. The van der Waals surface area contributed by atoms with Crippen molar-refractivity contribution in [3.63, 3.8) is 0 Å². The van der Waals surface area contributed by atoms with Crippen LogP contribution in [0, 0.1) is 31.1 Å². The Morgan fingerprint density at radius 2 is 2.15 bits per heavy atom. The van der Waals surface area contributed by atoms with Gasteiger partial charge in [0.05, 0.1) is 11.3 Å². The topological polar surface area (TPSA) is 78.2 Å². The second kappa shape index (κ2) is 5.14. The molecule has 0 bridgehead atoms. The molecule has 0 aromatic carbocycles. The molecule has 1 aliphatic rings. The maximum absolute atomic E-state index is 12.7. The van der Waals surface area contributed by atoms with Gasteiger partial charge in [-0.25, -0.2) is 0 Å². The first-order valence-corrected chi connectivity index (χ1v) is 8.32. The van der Waals surface area contributed by atoms with Crippen LogP contribution in [0.4, 0.5) is 8.89 Å². The lowest BCUT2D eigenvalue weighted by Crippen LogP contribution is -2.25. The Morgan fingerprint density at radius 1 is 1.50 bits per heavy atom. The predicted molar refractivity (Wildman–Crippen MR) is 73.9 cm³/mol. The van der Waals surface area contributed by atoms with Crippen molar-refractivity contribution in [3.8, 4) is 6.07 Å². The van der Waals surface area contributed by atoms with E-state index in [9.17, 15) is 22.4 Å². The first-order valence-electron chi connectivity index (χ1n) is 5.95. The van der Waals surface area contributed by atoms with Crippen LogP contribution in [0.1, 0.15) is 22.4 Å². The number of carbonyl (C=O) groups excluding carboxylic acids is 1. The van der Waals surface area contributed by atoms with Gasteiger partial charge in [0.2, 0.25) is 5.91 Å². The number of halogens is 1. The van der Waals surface area contributed by atoms with Gasteiger partial charge in [-0.05, 0) is 19.4 Å². The number of rotatable bonds is 3. The highest BCUT2D eigenvalue weighted by Crippen LogP contribution is 2.38.